The van der Waals surface area contributed by atoms with Crippen LogP contribution in [0, 0.1) is 5.92 Å². The van der Waals surface area contributed by atoms with Crippen molar-refractivity contribution in [3.05, 3.63) is 0 Å². The summed E-state index contributed by atoms with van der Waals surface area (Å²) in [7, 11) is 3.89. The van der Waals surface area contributed by atoms with Crippen LogP contribution in [0.3, 0.4) is 0 Å². The van der Waals surface area contributed by atoms with E-state index in [0.717, 1.165) is 64.0 Å². The number of ether oxygens (including phenoxy) is 1. The second-order valence-corrected chi connectivity index (χ2v) is 5.87. The zero-order valence-electron chi connectivity index (χ0n) is 15.2. The summed E-state index contributed by atoms with van der Waals surface area (Å²) in [5.41, 5.74) is 0. The van der Waals surface area contributed by atoms with Gasteiger partial charge in [0.15, 0.2) is 5.96 Å². The van der Waals surface area contributed by atoms with Crippen LogP contribution < -0.4 is 10.6 Å². The van der Waals surface area contributed by atoms with Crippen LogP contribution in [0.4, 0.5) is 0 Å². The molecule has 0 saturated heterocycles. The summed E-state index contributed by atoms with van der Waals surface area (Å²) in [5, 5.41) is 6.69. The molecule has 0 heterocycles. The van der Waals surface area contributed by atoms with Crippen molar-refractivity contribution < 1.29 is 4.74 Å². The summed E-state index contributed by atoms with van der Waals surface area (Å²) >= 11 is 0. The van der Waals surface area contributed by atoms with Gasteiger partial charge in [-0.2, -0.15) is 0 Å². The molecule has 2 N–H and O–H groups in total. The zero-order valence-corrected chi connectivity index (χ0v) is 17.5. The minimum atomic E-state index is 0. The number of likely N-dealkylation sites (N-methyl/N-ethyl adjacent to an activating group) is 1. The van der Waals surface area contributed by atoms with E-state index in [1.54, 1.807) is 7.11 Å². The lowest BCUT2D eigenvalue weighted by molar-refractivity contribution is 0.180. The molecule has 0 aliphatic rings. The Morgan fingerprint density at radius 3 is 2.50 bits per heavy atom. The van der Waals surface area contributed by atoms with Crippen molar-refractivity contribution in [3.63, 3.8) is 0 Å². The summed E-state index contributed by atoms with van der Waals surface area (Å²) in [4.78, 5) is 6.93. The van der Waals surface area contributed by atoms with Gasteiger partial charge in [0.2, 0.25) is 0 Å². The van der Waals surface area contributed by atoms with Gasteiger partial charge < -0.3 is 20.3 Å². The minimum Gasteiger partial charge on any atom is -0.385 e. The number of aliphatic imine (C=N–C) groups is 1. The van der Waals surface area contributed by atoms with Crippen molar-refractivity contribution in [2.45, 2.75) is 40.0 Å². The number of nitrogens with zero attached hydrogens (tertiary/aromatic N) is 2. The van der Waals surface area contributed by atoms with Crippen LogP contribution in [-0.4, -0.2) is 64.3 Å². The molecule has 0 amide bonds. The largest absolute Gasteiger partial charge is 0.385 e. The van der Waals surface area contributed by atoms with Crippen molar-refractivity contribution in [1.82, 2.24) is 15.5 Å². The number of rotatable bonds is 12. The summed E-state index contributed by atoms with van der Waals surface area (Å²) in [6, 6.07) is 0. The highest BCUT2D eigenvalue weighted by Gasteiger charge is 2.00. The molecule has 22 heavy (non-hydrogen) atoms. The summed E-state index contributed by atoms with van der Waals surface area (Å²) in [6.45, 7) is 12.2. The third kappa shape index (κ3) is 16.3. The maximum absolute atomic E-state index is 5.07. The average molecular weight is 428 g/mol. The first-order valence-electron chi connectivity index (χ1n) is 8.29. The fourth-order valence-corrected chi connectivity index (χ4v) is 1.99. The molecule has 0 saturated carbocycles. The monoisotopic (exact) mass is 428 g/mol. The maximum Gasteiger partial charge on any atom is 0.191 e. The fraction of sp³-hybridized carbons (Fsp3) is 0.938. The zero-order chi connectivity index (χ0) is 15.9. The Kier molecular flexibility index (Phi) is 19.0. The first-order chi connectivity index (χ1) is 10.1. The van der Waals surface area contributed by atoms with E-state index >= 15 is 0 Å². The maximum atomic E-state index is 5.07. The van der Waals surface area contributed by atoms with E-state index in [2.05, 4.69) is 48.3 Å². The van der Waals surface area contributed by atoms with Crippen molar-refractivity contribution in [1.29, 1.82) is 0 Å². The predicted octanol–water partition coefficient (Wildman–Crippen LogP) is 2.56. The van der Waals surface area contributed by atoms with E-state index in [4.69, 9.17) is 4.74 Å². The summed E-state index contributed by atoms with van der Waals surface area (Å²) < 4.78 is 5.07. The molecule has 0 radical (unpaired) electrons. The quantitative estimate of drug-likeness (QED) is 0.217. The molecule has 134 valence electrons. The van der Waals surface area contributed by atoms with Gasteiger partial charge in [-0.15, -0.1) is 24.0 Å². The van der Waals surface area contributed by atoms with Crippen LogP contribution in [0.2, 0.25) is 0 Å². The molecule has 0 fully saturated rings. The van der Waals surface area contributed by atoms with Gasteiger partial charge >= 0.3 is 0 Å². The van der Waals surface area contributed by atoms with Gasteiger partial charge in [0.1, 0.15) is 0 Å². The van der Waals surface area contributed by atoms with E-state index < -0.39 is 0 Å². The van der Waals surface area contributed by atoms with Gasteiger partial charge in [-0.25, -0.2) is 0 Å². The lowest BCUT2D eigenvalue weighted by Crippen LogP contribution is -2.41. The third-order valence-corrected chi connectivity index (χ3v) is 3.23. The van der Waals surface area contributed by atoms with Crippen molar-refractivity contribution >= 4 is 29.9 Å². The number of methoxy groups -OCH3 is 1. The Morgan fingerprint density at radius 1 is 1.18 bits per heavy atom. The molecule has 0 aliphatic carbocycles. The topological polar surface area (TPSA) is 48.9 Å². The molecule has 6 heteroatoms. The normalized spacial score (nSPS) is 11.7. The highest BCUT2D eigenvalue weighted by molar-refractivity contribution is 14.0. The number of nitrogens with one attached hydrogen (secondary N) is 2. The van der Waals surface area contributed by atoms with E-state index in [1.807, 2.05) is 0 Å². The second kappa shape index (κ2) is 17.3. The van der Waals surface area contributed by atoms with E-state index in [9.17, 15) is 0 Å². The van der Waals surface area contributed by atoms with E-state index in [-0.39, 0.29) is 24.0 Å². The minimum absolute atomic E-state index is 0. The molecule has 5 nitrogen and oxygen atoms in total. The second-order valence-electron chi connectivity index (χ2n) is 5.87. The van der Waals surface area contributed by atoms with Gasteiger partial charge in [-0.3, -0.25) is 4.99 Å². The van der Waals surface area contributed by atoms with Crippen LogP contribution in [0.1, 0.15) is 40.0 Å². The summed E-state index contributed by atoms with van der Waals surface area (Å²) in [6.07, 6.45) is 3.48. The first-order valence-corrected chi connectivity index (χ1v) is 8.29. The number of hydrogen-bond acceptors (Lipinski definition) is 3. The molecule has 0 aromatic heterocycles. The van der Waals surface area contributed by atoms with Crippen molar-refractivity contribution in [2.75, 3.05) is 53.5 Å². The Bertz CT molecular complexity index is 263. The Hall–Kier alpha value is -0.0800. The van der Waals surface area contributed by atoms with Gasteiger partial charge in [-0.1, -0.05) is 13.8 Å². The van der Waals surface area contributed by atoms with Crippen LogP contribution >= 0.6 is 24.0 Å². The lowest BCUT2D eigenvalue weighted by atomic mass is 10.1. The smallest absolute Gasteiger partial charge is 0.191 e. The molecule has 0 unspecified atom stereocenters. The number of halogens is 1. The standard InChI is InChI=1S/C16H36N4O.HI/c1-6-17-16(18-10-7-9-15(2)3)19-11-13-20(4)12-8-14-21-5;/h15H,6-14H2,1-5H3,(H2,17,18,19);1H. The van der Waals surface area contributed by atoms with Crippen molar-refractivity contribution in [2.24, 2.45) is 10.9 Å². The van der Waals surface area contributed by atoms with Crippen molar-refractivity contribution in [3.8, 4) is 0 Å². The van der Waals surface area contributed by atoms with E-state index in [0.29, 0.717) is 0 Å². The molecule has 0 spiro atoms. The van der Waals surface area contributed by atoms with Crippen LogP contribution in [0.25, 0.3) is 0 Å². The number of hydrogen-bond donors (Lipinski definition) is 2. The molecule has 0 rings (SSSR count). The molecule has 0 bridgehead atoms. The highest BCUT2D eigenvalue weighted by Crippen LogP contribution is 2.02. The average Bonchev–Trinajstić information content (AvgIpc) is 2.43. The molecule has 0 atom stereocenters. The molecular weight excluding hydrogens is 391 g/mol. The van der Waals surface area contributed by atoms with Gasteiger partial charge in [-0.05, 0) is 39.2 Å². The van der Waals surface area contributed by atoms with Gasteiger partial charge in [0.05, 0.1) is 0 Å². The van der Waals surface area contributed by atoms with E-state index in [1.165, 1.54) is 6.42 Å². The number of guanidine groups is 1. The third-order valence-electron chi connectivity index (χ3n) is 3.23. The van der Waals surface area contributed by atoms with Gasteiger partial charge in [0.25, 0.3) is 0 Å². The summed E-state index contributed by atoms with van der Waals surface area (Å²) in [5.74, 6) is 1.70. The molecule has 0 aliphatic heterocycles. The molecule has 0 aromatic carbocycles. The Morgan fingerprint density at radius 2 is 1.91 bits per heavy atom. The Balaban J connectivity index is 0. The van der Waals surface area contributed by atoms with Crippen LogP contribution in [-0.2, 0) is 4.74 Å². The lowest BCUT2D eigenvalue weighted by Gasteiger charge is -2.18. The molecular formula is C16H37IN4O. The fourth-order valence-electron chi connectivity index (χ4n) is 1.99. The SMILES string of the molecule is CCNC(=NCCCC(C)C)NCCN(C)CCCOC.I. The predicted molar refractivity (Wildman–Crippen MR) is 107 cm³/mol. The van der Waals surface area contributed by atoms with Gasteiger partial charge in [0, 0.05) is 46.4 Å². The van der Waals surface area contributed by atoms with Crippen LogP contribution in [0.15, 0.2) is 4.99 Å². The molecule has 0 aromatic rings. The highest BCUT2D eigenvalue weighted by atomic mass is 127. The van der Waals surface area contributed by atoms with Crippen LogP contribution in [0.5, 0.6) is 0 Å². The first kappa shape index (κ1) is 24.2. The Labute approximate surface area is 154 Å².